The largest absolute Gasteiger partial charge is 0.494 e. The van der Waals surface area contributed by atoms with Crippen molar-refractivity contribution in [3.05, 3.63) is 71.0 Å². The molecule has 34 heavy (non-hydrogen) atoms. The number of carbonyl (C=O) groups excluding carboxylic acids is 3. The van der Waals surface area contributed by atoms with Gasteiger partial charge in [0.05, 0.1) is 29.4 Å². The highest BCUT2D eigenvalue weighted by Gasteiger charge is 2.17. The van der Waals surface area contributed by atoms with Crippen LogP contribution in [0.1, 0.15) is 34.2 Å². The Morgan fingerprint density at radius 2 is 1.65 bits per heavy atom. The second-order valence-corrected chi connectivity index (χ2v) is 7.64. The van der Waals surface area contributed by atoms with Crippen LogP contribution in [0.3, 0.4) is 0 Å². The van der Waals surface area contributed by atoms with E-state index in [0.29, 0.717) is 29.3 Å². The predicted molar refractivity (Wildman–Crippen MR) is 127 cm³/mol. The molecule has 9 heteroatoms. The third kappa shape index (κ3) is 6.22. The first kappa shape index (κ1) is 24.5. The Balaban J connectivity index is 1.49. The number of carbonyl (C=O) groups is 3. The number of ether oxygens (including phenoxy) is 2. The molecule has 9 nitrogen and oxygen atoms in total. The molecule has 0 unspecified atom stereocenters. The Bertz CT molecular complexity index is 1170. The molecule has 2 aromatic carbocycles. The Hall–Kier alpha value is -4.14. The summed E-state index contributed by atoms with van der Waals surface area (Å²) in [5.74, 6) is -1.00. The zero-order valence-corrected chi connectivity index (χ0v) is 19.7. The molecule has 0 spiro atoms. The number of nitrogens with zero attached hydrogens (tertiary/aromatic N) is 2. The molecule has 0 saturated heterocycles. The van der Waals surface area contributed by atoms with Crippen LogP contribution in [-0.4, -0.2) is 47.3 Å². The Morgan fingerprint density at radius 1 is 0.971 bits per heavy atom. The fourth-order valence-corrected chi connectivity index (χ4v) is 3.26. The number of anilines is 1. The molecule has 0 fully saturated rings. The van der Waals surface area contributed by atoms with Gasteiger partial charge in [0.2, 0.25) is 0 Å². The number of hydrogen-bond acceptors (Lipinski definition) is 6. The number of nitrogens with one attached hydrogen (secondary N) is 2. The van der Waals surface area contributed by atoms with Gasteiger partial charge in [0.15, 0.2) is 6.61 Å². The third-order valence-corrected chi connectivity index (χ3v) is 5.02. The molecule has 0 radical (unpaired) electrons. The average molecular weight is 465 g/mol. The first-order valence-corrected chi connectivity index (χ1v) is 10.9. The summed E-state index contributed by atoms with van der Waals surface area (Å²) in [5, 5.41) is 9.70. The highest BCUT2D eigenvalue weighted by molar-refractivity contribution is 5.97. The maximum Gasteiger partial charge on any atom is 0.325 e. The predicted octanol–water partition coefficient (Wildman–Crippen LogP) is 3.11. The summed E-state index contributed by atoms with van der Waals surface area (Å²) < 4.78 is 12.1. The van der Waals surface area contributed by atoms with E-state index in [2.05, 4.69) is 15.7 Å². The van der Waals surface area contributed by atoms with E-state index in [1.807, 2.05) is 45.0 Å². The molecule has 1 heterocycles. The second kappa shape index (κ2) is 11.1. The van der Waals surface area contributed by atoms with E-state index in [0.717, 1.165) is 16.9 Å². The van der Waals surface area contributed by atoms with Crippen LogP contribution in [0.15, 0.2) is 48.5 Å². The summed E-state index contributed by atoms with van der Waals surface area (Å²) in [6.07, 6.45) is 0. The third-order valence-electron chi connectivity index (χ3n) is 5.02. The van der Waals surface area contributed by atoms with Gasteiger partial charge in [0, 0.05) is 5.56 Å². The van der Waals surface area contributed by atoms with Crippen molar-refractivity contribution in [3.8, 4) is 11.4 Å². The number of rotatable bonds is 9. The van der Waals surface area contributed by atoms with E-state index in [4.69, 9.17) is 9.47 Å². The van der Waals surface area contributed by atoms with Gasteiger partial charge >= 0.3 is 5.97 Å². The van der Waals surface area contributed by atoms with Crippen molar-refractivity contribution >= 4 is 23.5 Å². The Morgan fingerprint density at radius 3 is 2.29 bits per heavy atom. The summed E-state index contributed by atoms with van der Waals surface area (Å²) in [4.78, 5) is 36.5. The van der Waals surface area contributed by atoms with Gasteiger partial charge in [-0.25, -0.2) is 4.68 Å². The molecule has 0 aliphatic carbocycles. The zero-order chi connectivity index (χ0) is 24.7. The molecular formula is C25H28N4O5. The SMILES string of the molecule is CCOc1ccc(C(=O)NCC(=O)OCC(=O)Nc2c(C)nn(-c3ccc(C)cc3)c2C)cc1. The lowest BCUT2D eigenvalue weighted by Gasteiger charge is -2.09. The molecule has 2 amide bonds. The Kier molecular flexibility index (Phi) is 8.02. The van der Waals surface area contributed by atoms with Crippen LogP contribution in [0.5, 0.6) is 5.75 Å². The number of benzene rings is 2. The van der Waals surface area contributed by atoms with Crippen molar-refractivity contribution < 1.29 is 23.9 Å². The van der Waals surface area contributed by atoms with E-state index in [1.54, 1.807) is 35.9 Å². The quantitative estimate of drug-likeness (QED) is 0.471. The minimum atomic E-state index is -0.724. The zero-order valence-electron chi connectivity index (χ0n) is 19.7. The summed E-state index contributed by atoms with van der Waals surface area (Å²) in [7, 11) is 0. The normalized spacial score (nSPS) is 10.5. The number of aryl methyl sites for hydroxylation is 2. The second-order valence-electron chi connectivity index (χ2n) is 7.64. The van der Waals surface area contributed by atoms with E-state index in [1.165, 1.54) is 0 Å². The molecule has 0 bridgehead atoms. The van der Waals surface area contributed by atoms with Crippen LogP contribution in [-0.2, 0) is 14.3 Å². The summed E-state index contributed by atoms with van der Waals surface area (Å²) in [5.41, 5.74) is 4.35. The van der Waals surface area contributed by atoms with Crippen LogP contribution in [0.4, 0.5) is 5.69 Å². The Labute approximate surface area is 198 Å². The van der Waals surface area contributed by atoms with Gasteiger partial charge in [0.25, 0.3) is 11.8 Å². The molecule has 0 atom stereocenters. The lowest BCUT2D eigenvalue weighted by atomic mass is 10.2. The standard InChI is InChI=1S/C25H28N4O5/c1-5-33-21-12-8-19(9-13-21)25(32)26-14-23(31)34-15-22(30)27-24-17(3)28-29(18(24)4)20-10-6-16(2)7-11-20/h6-13H,5,14-15H2,1-4H3,(H,26,32)(H,27,30). The first-order valence-electron chi connectivity index (χ1n) is 10.9. The van der Waals surface area contributed by atoms with Crippen LogP contribution in [0, 0.1) is 20.8 Å². The molecule has 3 aromatic rings. The van der Waals surface area contributed by atoms with Gasteiger partial charge in [-0.1, -0.05) is 17.7 Å². The summed E-state index contributed by atoms with van der Waals surface area (Å²) in [6.45, 7) is 7.19. The van der Waals surface area contributed by atoms with Crippen LogP contribution < -0.4 is 15.4 Å². The molecule has 178 valence electrons. The highest BCUT2D eigenvalue weighted by atomic mass is 16.5. The number of hydrogen-bond donors (Lipinski definition) is 2. The molecule has 3 rings (SSSR count). The van der Waals surface area contributed by atoms with Crippen molar-refractivity contribution in [1.29, 1.82) is 0 Å². The van der Waals surface area contributed by atoms with E-state index >= 15 is 0 Å². The molecule has 1 aromatic heterocycles. The van der Waals surface area contributed by atoms with Gasteiger partial charge in [-0.15, -0.1) is 0 Å². The topological polar surface area (TPSA) is 112 Å². The van der Waals surface area contributed by atoms with Crippen molar-refractivity contribution in [3.63, 3.8) is 0 Å². The van der Waals surface area contributed by atoms with Gasteiger partial charge in [-0.05, 0) is 64.1 Å². The van der Waals surface area contributed by atoms with Gasteiger partial charge < -0.3 is 20.1 Å². The number of esters is 1. The molecule has 0 saturated carbocycles. The highest BCUT2D eigenvalue weighted by Crippen LogP contribution is 2.23. The summed E-state index contributed by atoms with van der Waals surface area (Å²) >= 11 is 0. The van der Waals surface area contributed by atoms with E-state index in [9.17, 15) is 14.4 Å². The van der Waals surface area contributed by atoms with E-state index < -0.39 is 24.4 Å². The van der Waals surface area contributed by atoms with Crippen molar-refractivity contribution in [1.82, 2.24) is 15.1 Å². The average Bonchev–Trinajstić information content (AvgIpc) is 3.10. The molecule has 2 N–H and O–H groups in total. The fourth-order valence-electron chi connectivity index (χ4n) is 3.26. The first-order chi connectivity index (χ1) is 16.3. The van der Waals surface area contributed by atoms with Crippen molar-refractivity contribution in [2.24, 2.45) is 0 Å². The minimum Gasteiger partial charge on any atom is -0.494 e. The molecular weight excluding hydrogens is 436 g/mol. The van der Waals surface area contributed by atoms with Crippen LogP contribution >= 0.6 is 0 Å². The smallest absolute Gasteiger partial charge is 0.325 e. The minimum absolute atomic E-state index is 0.358. The monoisotopic (exact) mass is 464 g/mol. The van der Waals surface area contributed by atoms with Crippen LogP contribution in [0.2, 0.25) is 0 Å². The maximum absolute atomic E-state index is 12.3. The number of amides is 2. The number of aromatic nitrogens is 2. The lowest BCUT2D eigenvalue weighted by Crippen LogP contribution is -2.32. The molecule has 0 aliphatic rings. The van der Waals surface area contributed by atoms with E-state index in [-0.39, 0.29) is 6.54 Å². The van der Waals surface area contributed by atoms with Crippen molar-refractivity contribution in [2.45, 2.75) is 27.7 Å². The maximum atomic E-state index is 12.3. The summed E-state index contributed by atoms with van der Waals surface area (Å²) in [6, 6.07) is 14.4. The van der Waals surface area contributed by atoms with Gasteiger partial charge in [-0.2, -0.15) is 5.10 Å². The lowest BCUT2D eigenvalue weighted by molar-refractivity contribution is -0.146. The molecule has 0 aliphatic heterocycles. The van der Waals surface area contributed by atoms with Gasteiger partial charge in [0.1, 0.15) is 12.3 Å². The van der Waals surface area contributed by atoms with Crippen LogP contribution in [0.25, 0.3) is 5.69 Å². The van der Waals surface area contributed by atoms with Crippen molar-refractivity contribution in [2.75, 3.05) is 25.1 Å². The van der Waals surface area contributed by atoms with Gasteiger partial charge in [-0.3, -0.25) is 14.4 Å². The fraction of sp³-hybridized carbons (Fsp3) is 0.280.